The molecule has 2 rings (SSSR count). The molecule has 1 aromatic carbocycles. The van der Waals surface area contributed by atoms with Crippen molar-refractivity contribution in [3.05, 3.63) is 34.9 Å². The van der Waals surface area contributed by atoms with Gasteiger partial charge in [0.05, 0.1) is 17.7 Å². The molecule has 1 N–H and O–H groups in total. The van der Waals surface area contributed by atoms with Gasteiger partial charge in [0.15, 0.2) is 0 Å². The zero-order valence-corrected chi connectivity index (χ0v) is 10.9. The number of ether oxygens (including phenoxy) is 1. The van der Waals surface area contributed by atoms with E-state index < -0.39 is 11.7 Å². The van der Waals surface area contributed by atoms with Crippen LogP contribution < -0.4 is 5.32 Å². The summed E-state index contributed by atoms with van der Waals surface area (Å²) >= 11 is 0. The molecule has 6 heteroatoms. The van der Waals surface area contributed by atoms with Crippen molar-refractivity contribution >= 4 is 12.4 Å². The minimum atomic E-state index is -4.28. The van der Waals surface area contributed by atoms with E-state index in [0.717, 1.165) is 11.6 Å². The van der Waals surface area contributed by atoms with Gasteiger partial charge in [0, 0.05) is 13.5 Å². The molecule has 0 spiro atoms. The fourth-order valence-corrected chi connectivity index (χ4v) is 2.36. The molecule has 0 saturated heterocycles. The van der Waals surface area contributed by atoms with E-state index in [0.29, 0.717) is 12.0 Å². The molecule has 0 bridgehead atoms. The topological polar surface area (TPSA) is 21.3 Å². The van der Waals surface area contributed by atoms with Crippen LogP contribution in [0.2, 0.25) is 0 Å². The molecule has 2 atom stereocenters. The Hall–Kier alpha value is -0.780. The first-order chi connectivity index (χ1) is 7.97. The van der Waals surface area contributed by atoms with Gasteiger partial charge in [-0.15, -0.1) is 12.4 Å². The van der Waals surface area contributed by atoms with E-state index in [2.05, 4.69) is 5.32 Å². The molecular weight excluding hydrogens is 267 g/mol. The SMILES string of the molecule is CN[C@H]1c2ccc(C(F)(F)F)cc2C[C@H]1OC.Cl. The van der Waals surface area contributed by atoms with Crippen LogP contribution in [-0.4, -0.2) is 20.3 Å². The predicted octanol–water partition coefficient (Wildman–Crippen LogP) is 2.96. The third kappa shape index (κ3) is 2.63. The Morgan fingerprint density at radius 2 is 2.00 bits per heavy atom. The van der Waals surface area contributed by atoms with E-state index in [-0.39, 0.29) is 24.6 Å². The van der Waals surface area contributed by atoms with Gasteiger partial charge in [0.2, 0.25) is 0 Å². The highest BCUT2D eigenvalue weighted by Crippen LogP contribution is 2.37. The highest BCUT2D eigenvalue weighted by atomic mass is 35.5. The van der Waals surface area contributed by atoms with Crippen molar-refractivity contribution < 1.29 is 17.9 Å². The number of alkyl halides is 3. The highest BCUT2D eigenvalue weighted by Gasteiger charge is 2.35. The Morgan fingerprint density at radius 3 is 2.50 bits per heavy atom. The molecular formula is C12H15ClF3NO. The predicted molar refractivity (Wildman–Crippen MR) is 65.0 cm³/mol. The molecule has 0 aliphatic heterocycles. The van der Waals surface area contributed by atoms with Crippen LogP contribution in [0.5, 0.6) is 0 Å². The van der Waals surface area contributed by atoms with Crippen LogP contribution in [0.15, 0.2) is 18.2 Å². The second kappa shape index (κ2) is 5.47. The Bertz CT molecular complexity index is 422. The van der Waals surface area contributed by atoms with Crippen LogP contribution in [0, 0.1) is 0 Å². The molecule has 0 unspecified atom stereocenters. The molecule has 1 aliphatic carbocycles. The first kappa shape index (κ1) is 15.3. The number of benzene rings is 1. The number of rotatable bonds is 2. The first-order valence-electron chi connectivity index (χ1n) is 5.37. The number of hydrogen-bond donors (Lipinski definition) is 1. The molecule has 102 valence electrons. The maximum Gasteiger partial charge on any atom is 0.416 e. The van der Waals surface area contributed by atoms with Crippen molar-refractivity contribution in [2.45, 2.75) is 24.7 Å². The second-order valence-corrected chi connectivity index (χ2v) is 4.16. The van der Waals surface area contributed by atoms with Crippen LogP contribution in [0.1, 0.15) is 22.7 Å². The van der Waals surface area contributed by atoms with Gasteiger partial charge in [-0.25, -0.2) is 0 Å². The standard InChI is InChI=1S/C12H14F3NO.ClH/c1-16-11-9-4-3-8(12(13,14)15)5-7(9)6-10(11)17-2;/h3-5,10-11,16H,6H2,1-2H3;1H/t10-,11+;/m1./s1. The molecule has 2 nitrogen and oxygen atoms in total. The van der Waals surface area contributed by atoms with Crippen molar-refractivity contribution in [3.63, 3.8) is 0 Å². The van der Waals surface area contributed by atoms with Crippen molar-refractivity contribution in [2.75, 3.05) is 14.2 Å². The summed E-state index contributed by atoms with van der Waals surface area (Å²) in [5.74, 6) is 0. The maximum atomic E-state index is 12.6. The molecule has 0 radical (unpaired) electrons. The summed E-state index contributed by atoms with van der Waals surface area (Å²) in [6.07, 6.45) is -3.87. The smallest absolute Gasteiger partial charge is 0.379 e. The fourth-order valence-electron chi connectivity index (χ4n) is 2.36. The van der Waals surface area contributed by atoms with E-state index >= 15 is 0 Å². The normalized spacial score (nSPS) is 22.5. The summed E-state index contributed by atoms with van der Waals surface area (Å²) < 4.78 is 43.0. The minimum Gasteiger partial charge on any atom is -0.379 e. The lowest BCUT2D eigenvalue weighted by atomic mass is 10.0. The lowest BCUT2D eigenvalue weighted by Crippen LogP contribution is -2.27. The average Bonchev–Trinajstić information content (AvgIpc) is 2.64. The van der Waals surface area contributed by atoms with Crippen LogP contribution in [0.3, 0.4) is 0 Å². The van der Waals surface area contributed by atoms with E-state index in [9.17, 15) is 13.2 Å². The van der Waals surface area contributed by atoms with Gasteiger partial charge in [0.25, 0.3) is 0 Å². The van der Waals surface area contributed by atoms with E-state index in [1.807, 2.05) is 0 Å². The summed E-state index contributed by atoms with van der Waals surface area (Å²) in [5.41, 5.74) is 1.02. The van der Waals surface area contributed by atoms with Gasteiger partial charge in [-0.1, -0.05) is 6.07 Å². The van der Waals surface area contributed by atoms with Crippen LogP contribution in [0.4, 0.5) is 13.2 Å². The van der Waals surface area contributed by atoms with Gasteiger partial charge >= 0.3 is 6.18 Å². The summed E-state index contributed by atoms with van der Waals surface area (Å²) in [6.45, 7) is 0. The minimum absolute atomic E-state index is 0. The monoisotopic (exact) mass is 281 g/mol. The molecule has 0 saturated carbocycles. The Labute approximate surface area is 110 Å². The van der Waals surface area contributed by atoms with Gasteiger partial charge < -0.3 is 10.1 Å². The van der Waals surface area contributed by atoms with Crippen LogP contribution >= 0.6 is 12.4 Å². The molecule has 1 aliphatic rings. The number of nitrogens with one attached hydrogen (secondary N) is 1. The number of methoxy groups -OCH3 is 1. The van der Waals surface area contributed by atoms with Crippen LogP contribution in [-0.2, 0) is 17.3 Å². The zero-order chi connectivity index (χ0) is 12.6. The van der Waals surface area contributed by atoms with Crippen LogP contribution in [0.25, 0.3) is 0 Å². The molecule has 18 heavy (non-hydrogen) atoms. The zero-order valence-electron chi connectivity index (χ0n) is 10.0. The van der Waals surface area contributed by atoms with Crippen molar-refractivity contribution in [1.82, 2.24) is 5.32 Å². The number of hydrogen-bond acceptors (Lipinski definition) is 2. The molecule has 0 aromatic heterocycles. The quantitative estimate of drug-likeness (QED) is 0.900. The summed E-state index contributed by atoms with van der Waals surface area (Å²) in [6, 6.07) is 3.86. The third-order valence-corrected chi connectivity index (χ3v) is 3.21. The van der Waals surface area contributed by atoms with E-state index in [1.165, 1.54) is 6.07 Å². The second-order valence-electron chi connectivity index (χ2n) is 4.16. The maximum absolute atomic E-state index is 12.6. The lowest BCUT2D eigenvalue weighted by molar-refractivity contribution is -0.137. The van der Waals surface area contributed by atoms with Gasteiger partial charge in [-0.2, -0.15) is 13.2 Å². The molecule has 1 aromatic rings. The molecule has 0 amide bonds. The summed E-state index contributed by atoms with van der Waals surface area (Å²) in [5, 5.41) is 3.07. The molecule has 0 fully saturated rings. The number of halogens is 4. The fraction of sp³-hybridized carbons (Fsp3) is 0.500. The summed E-state index contributed by atoms with van der Waals surface area (Å²) in [4.78, 5) is 0. The Balaban J connectivity index is 0.00000162. The van der Waals surface area contributed by atoms with Crippen molar-refractivity contribution in [1.29, 1.82) is 0 Å². The van der Waals surface area contributed by atoms with Gasteiger partial charge in [0.1, 0.15) is 0 Å². The van der Waals surface area contributed by atoms with Crippen molar-refractivity contribution in [3.8, 4) is 0 Å². The first-order valence-corrected chi connectivity index (χ1v) is 5.37. The Morgan fingerprint density at radius 1 is 1.33 bits per heavy atom. The Kier molecular flexibility index (Phi) is 4.64. The average molecular weight is 282 g/mol. The van der Waals surface area contributed by atoms with Crippen molar-refractivity contribution in [2.24, 2.45) is 0 Å². The highest BCUT2D eigenvalue weighted by molar-refractivity contribution is 5.85. The summed E-state index contributed by atoms with van der Waals surface area (Å²) in [7, 11) is 3.36. The van der Waals surface area contributed by atoms with E-state index in [1.54, 1.807) is 20.2 Å². The number of fused-ring (bicyclic) bond motifs is 1. The van der Waals surface area contributed by atoms with E-state index in [4.69, 9.17) is 4.74 Å². The van der Waals surface area contributed by atoms with Gasteiger partial charge in [-0.05, 0) is 30.3 Å². The third-order valence-electron chi connectivity index (χ3n) is 3.21. The molecule has 0 heterocycles. The largest absolute Gasteiger partial charge is 0.416 e. The lowest BCUT2D eigenvalue weighted by Gasteiger charge is -2.18. The number of likely N-dealkylation sites (N-methyl/N-ethyl adjacent to an activating group) is 1. The van der Waals surface area contributed by atoms with Gasteiger partial charge in [-0.3, -0.25) is 0 Å².